The van der Waals surface area contributed by atoms with E-state index in [9.17, 15) is 54.0 Å². The molecule has 0 aliphatic rings. The van der Waals surface area contributed by atoms with Crippen molar-refractivity contribution in [3.8, 4) is 0 Å². The highest BCUT2D eigenvalue weighted by Crippen LogP contribution is 2.13. The zero-order valence-electron chi connectivity index (χ0n) is 36.3. The van der Waals surface area contributed by atoms with Crippen molar-refractivity contribution in [2.24, 2.45) is 11.5 Å². The Morgan fingerprint density at radius 3 is 1.33 bits per heavy atom. The molecule has 0 radical (unpaired) electrons. The number of nitrogens with two attached hydrogens (primary N) is 2. The first kappa shape index (κ1) is 56.1. The Labute approximate surface area is 356 Å². The Kier molecular flexibility index (Phi) is 32.5. The fourth-order valence-corrected chi connectivity index (χ4v) is 6.37. The number of aliphatic hydroxyl groups is 3. The van der Waals surface area contributed by atoms with E-state index >= 15 is 0 Å². The van der Waals surface area contributed by atoms with Crippen molar-refractivity contribution in [3.63, 3.8) is 0 Å². The van der Waals surface area contributed by atoms with Crippen LogP contribution in [0.25, 0.3) is 0 Å². The van der Waals surface area contributed by atoms with E-state index in [0.29, 0.717) is 38.6 Å². The first-order chi connectivity index (χ1) is 28.6. The summed E-state index contributed by atoms with van der Waals surface area (Å²) >= 11 is 0. The smallest absolute Gasteiger partial charge is 0.328 e. The minimum absolute atomic E-state index is 0.000204. The Balaban J connectivity index is 5.31. The van der Waals surface area contributed by atoms with Crippen LogP contribution in [-0.4, -0.2) is 130 Å². The van der Waals surface area contributed by atoms with Gasteiger partial charge < -0.3 is 63.8 Å². The molecule has 0 bridgehead atoms. The van der Waals surface area contributed by atoms with Crippen molar-refractivity contribution in [1.82, 2.24) is 31.9 Å². The predicted molar refractivity (Wildman–Crippen MR) is 227 cm³/mol. The van der Waals surface area contributed by atoms with Gasteiger partial charge in [-0.05, 0) is 71.9 Å². The first-order valence-electron chi connectivity index (χ1n) is 22.0. The second kappa shape index (κ2) is 34.8. The van der Waals surface area contributed by atoms with E-state index in [4.69, 9.17) is 11.5 Å². The normalized spacial score (nSPS) is 14.7. The highest BCUT2D eigenvalue weighted by Gasteiger charge is 2.35. The molecule has 60 heavy (non-hydrogen) atoms. The topological polar surface area (TPSA) is 325 Å². The van der Waals surface area contributed by atoms with Gasteiger partial charge in [0, 0.05) is 6.42 Å². The second-order valence-corrected chi connectivity index (χ2v) is 15.6. The van der Waals surface area contributed by atoms with Gasteiger partial charge in [-0.2, -0.15) is 0 Å². The summed E-state index contributed by atoms with van der Waals surface area (Å²) in [5.74, 6) is -6.36. The lowest BCUT2D eigenvalue weighted by atomic mass is 10.0. The summed E-state index contributed by atoms with van der Waals surface area (Å²) in [6.45, 7) is 3.88. The number of carbonyl (C=O) groups excluding carboxylic acids is 6. The van der Waals surface area contributed by atoms with E-state index in [1.54, 1.807) is 0 Å². The lowest BCUT2D eigenvalue weighted by Crippen LogP contribution is -2.63. The lowest BCUT2D eigenvalue weighted by molar-refractivity contribution is -0.143. The van der Waals surface area contributed by atoms with Crippen LogP contribution in [-0.2, 0) is 33.6 Å². The third-order valence-corrected chi connectivity index (χ3v) is 10.1. The average Bonchev–Trinajstić information content (AvgIpc) is 3.20. The van der Waals surface area contributed by atoms with Crippen LogP contribution in [0, 0.1) is 0 Å². The van der Waals surface area contributed by atoms with E-state index in [1.807, 2.05) is 0 Å². The van der Waals surface area contributed by atoms with E-state index in [-0.39, 0.29) is 38.3 Å². The third kappa shape index (κ3) is 26.3. The quantitative estimate of drug-likeness (QED) is 0.0370. The van der Waals surface area contributed by atoms with Crippen molar-refractivity contribution in [1.29, 1.82) is 0 Å². The Morgan fingerprint density at radius 1 is 0.500 bits per heavy atom. The number of carboxylic acids is 1. The molecule has 0 spiro atoms. The van der Waals surface area contributed by atoms with Gasteiger partial charge in [0.05, 0.1) is 25.4 Å². The molecule has 0 aliphatic heterocycles. The SMILES string of the molecule is CCCCCCCCCCCCCCCC(=O)NCC(=O)N[C@@H](CCCCN)C(=O)N[C@H](C(=O)N[C@H](C(=O)N[C@@H](CCCCN)C(=O)N[C@@H](CO)C(=O)O)[C@@H](C)O)[C@@H](C)O. The molecule has 0 rings (SSSR count). The van der Waals surface area contributed by atoms with Crippen LogP contribution in [0.2, 0.25) is 0 Å². The van der Waals surface area contributed by atoms with Gasteiger partial charge in [-0.15, -0.1) is 0 Å². The average molecular weight is 859 g/mol. The number of nitrogens with one attached hydrogen (secondary N) is 6. The monoisotopic (exact) mass is 859 g/mol. The molecule has 14 N–H and O–H groups in total. The molecule has 0 unspecified atom stereocenters. The fourth-order valence-electron chi connectivity index (χ4n) is 6.37. The summed E-state index contributed by atoms with van der Waals surface area (Å²) in [5.41, 5.74) is 11.2. The van der Waals surface area contributed by atoms with Crippen LogP contribution in [0.3, 0.4) is 0 Å². The van der Waals surface area contributed by atoms with Gasteiger partial charge in [-0.3, -0.25) is 28.8 Å². The number of rotatable bonds is 37. The molecular formula is C41H78N8O11. The maximum absolute atomic E-state index is 13.5. The molecule has 0 heterocycles. The zero-order chi connectivity index (χ0) is 45.3. The largest absolute Gasteiger partial charge is 0.480 e. The van der Waals surface area contributed by atoms with Crippen LogP contribution in [0.5, 0.6) is 0 Å². The molecule has 0 aliphatic carbocycles. The molecule has 0 aromatic rings. The summed E-state index contributed by atoms with van der Waals surface area (Å²) in [5, 5.41) is 53.8. The van der Waals surface area contributed by atoms with Gasteiger partial charge in [0.25, 0.3) is 0 Å². The van der Waals surface area contributed by atoms with Gasteiger partial charge >= 0.3 is 5.97 Å². The molecule has 0 aromatic heterocycles. The summed E-state index contributed by atoms with van der Waals surface area (Å²) in [7, 11) is 0. The van der Waals surface area contributed by atoms with E-state index in [1.165, 1.54) is 71.6 Å². The fraction of sp³-hybridized carbons (Fsp3) is 0.829. The third-order valence-electron chi connectivity index (χ3n) is 10.1. The van der Waals surface area contributed by atoms with E-state index in [2.05, 4.69) is 38.8 Å². The maximum Gasteiger partial charge on any atom is 0.328 e. The number of unbranched alkanes of at least 4 members (excludes halogenated alkanes) is 14. The first-order valence-corrected chi connectivity index (χ1v) is 22.0. The van der Waals surface area contributed by atoms with Crippen LogP contribution < -0.4 is 43.4 Å². The Morgan fingerprint density at radius 2 is 0.900 bits per heavy atom. The van der Waals surface area contributed by atoms with Gasteiger partial charge in [-0.1, -0.05) is 84.0 Å². The molecule has 7 atom stereocenters. The molecular weight excluding hydrogens is 780 g/mol. The molecule has 19 nitrogen and oxygen atoms in total. The predicted octanol–water partition coefficient (Wildman–Crippen LogP) is 0.104. The summed E-state index contributed by atoms with van der Waals surface area (Å²) in [6, 6.07) is -7.57. The van der Waals surface area contributed by atoms with Crippen LogP contribution >= 0.6 is 0 Å². The highest BCUT2D eigenvalue weighted by molar-refractivity contribution is 5.96. The van der Waals surface area contributed by atoms with Crippen molar-refractivity contribution in [2.75, 3.05) is 26.2 Å². The summed E-state index contributed by atoms with van der Waals surface area (Å²) < 4.78 is 0. The van der Waals surface area contributed by atoms with Gasteiger partial charge in [0.15, 0.2) is 0 Å². The summed E-state index contributed by atoms with van der Waals surface area (Å²) in [6.07, 6.45) is 14.3. The number of hydrogen-bond acceptors (Lipinski definition) is 12. The van der Waals surface area contributed by atoms with Gasteiger partial charge in [0.2, 0.25) is 35.4 Å². The minimum atomic E-state index is -1.71. The number of carboxylic acid groups (broad SMARTS) is 1. The van der Waals surface area contributed by atoms with Crippen LogP contribution in [0.15, 0.2) is 0 Å². The maximum atomic E-state index is 13.5. The highest BCUT2D eigenvalue weighted by atomic mass is 16.4. The second-order valence-electron chi connectivity index (χ2n) is 15.6. The Hall–Kier alpha value is -3.91. The molecule has 19 heteroatoms. The molecule has 0 saturated carbocycles. The lowest BCUT2D eigenvalue weighted by Gasteiger charge is -2.29. The number of aliphatic carboxylic acids is 1. The van der Waals surface area contributed by atoms with Crippen LogP contribution in [0.4, 0.5) is 0 Å². The molecule has 348 valence electrons. The summed E-state index contributed by atoms with van der Waals surface area (Å²) in [4.78, 5) is 89.8. The van der Waals surface area contributed by atoms with Crippen molar-refractivity contribution < 1.29 is 54.0 Å². The minimum Gasteiger partial charge on any atom is -0.480 e. The number of carbonyl (C=O) groups is 7. The van der Waals surface area contributed by atoms with Gasteiger partial charge in [-0.25, -0.2) is 4.79 Å². The van der Waals surface area contributed by atoms with E-state index < -0.39 is 84.5 Å². The number of hydrogen-bond donors (Lipinski definition) is 12. The zero-order valence-corrected chi connectivity index (χ0v) is 36.3. The molecule has 0 aromatic carbocycles. The Bertz CT molecular complexity index is 1260. The number of aliphatic hydroxyl groups excluding tert-OH is 3. The molecule has 6 amide bonds. The van der Waals surface area contributed by atoms with Crippen molar-refractivity contribution in [2.45, 2.75) is 192 Å². The van der Waals surface area contributed by atoms with E-state index in [0.717, 1.165) is 19.3 Å². The van der Waals surface area contributed by atoms with Crippen molar-refractivity contribution >= 4 is 41.4 Å². The van der Waals surface area contributed by atoms with Gasteiger partial charge in [0.1, 0.15) is 30.2 Å². The van der Waals surface area contributed by atoms with Crippen molar-refractivity contribution in [3.05, 3.63) is 0 Å². The number of amides is 6. The van der Waals surface area contributed by atoms with Crippen LogP contribution in [0.1, 0.15) is 149 Å². The molecule has 0 saturated heterocycles. The molecule has 0 fully saturated rings. The standard InChI is InChI=1S/C41H78N8O11/c1-4-5-6-7-8-9-10-11-12-13-14-15-16-23-33(53)44-26-34(54)45-30(21-17-19-24-42)38(56)48-36(29(3)52)40(58)49-35(28(2)51)39(57)46-31(22-18-20-25-43)37(55)47-32(27-50)41(59)60/h28-32,35-36,50-52H,4-27,42-43H2,1-3H3,(H,44,53)(H,45,54)(H,46,57)(H,47,55)(H,48,56)(H,49,58)(H,59,60)/t28-,29-,30+,31+,32+,35+,36+/m1/s1.